The Bertz CT molecular complexity index is 493. The van der Waals surface area contributed by atoms with Crippen molar-refractivity contribution in [2.24, 2.45) is 0 Å². The van der Waals surface area contributed by atoms with Gasteiger partial charge in [-0.3, -0.25) is 0 Å². The number of rotatable bonds is 2. The molecule has 0 saturated heterocycles. The second-order valence-corrected chi connectivity index (χ2v) is 6.14. The van der Waals surface area contributed by atoms with E-state index in [0.717, 1.165) is 9.35 Å². The fraction of sp³-hybridized carbons (Fsp3) is 0.0909. The summed E-state index contributed by atoms with van der Waals surface area (Å²) in [6.45, 7) is 0. The van der Waals surface area contributed by atoms with Crippen LogP contribution in [-0.2, 0) is 0 Å². The standard InChI is InChI=1S/C11H7BrCl2OS/c12-7-5-9(16-11(7)14)10(15)6-3-1-2-4-8(6)13/h1-5,10,15H. The number of aliphatic hydroxyl groups is 1. The average Bonchev–Trinajstić information content (AvgIpc) is 2.59. The van der Waals surface area contributed by atoms with Crippen molar-refractivity contribution in [3.05, 3.63) is 54.6 Å². The predicted octanol–water partition coefficient (Wildman–Crippen LogP) is 4.90. The fourth-order valence-electron chi connectivity index (χ4n) is 1.35. The lowest BCUT2D eigenvalue weighted by atomic mass is 10.1. The minimum absolute atomic E-state index is 0.552. The Morgan fingerprint density at radius 3 is 2.50 bits per heavy atom. The summed E-state index contributed by atoms with van der Waals surface area (Å²) in [6, 6.07) is 9.03. The van der Waals surface area contributed by atoms with Crippen LogP contribution in [0.5, 0.6) is 0 Å². The Labute approximate surface area is 116 Å². The van der Waals surface area contributed by atoms with Crippen LogP contribution in [0.15, 0.2) is 34.8 Å². The number of hydrogen-bond donors (Lipinski definition) is 1. The molecule has 0 aliphatic heterocycles. The molecule has 2 aromatic rings. The average molecular weight is 338 g/mol. The van der Waals surface area contributed by atoms with Crippen LogP contribution in [0, 0.1) is 0 Å². The van der Waals surface area contributed by atoms with Crippen LogP contribution in [0.25, 0.3) is 0 Å². The van der Waals surface area contributed by atoms with Gasteiger partial charge in [0.2, 0.25) is 0 Å². The molecule has 0 amide bonds. The highest BCUT2D eigenvalue weighted by molar-refractivity contribution is 9.10. The van der Waals surface area contributed by atoms with Crippen LogP contribution >= 0.6 is 50.5 Å². The molecule has 5 heteroatoms. The van der Waals surface area contributed by atoms with E-state index >= 15 is 0 Å². The maximum atomic E-state index is 10.2. The van der Waals surface area contributed by atoms with Crippen LogP contribution in [-0.4, -0.2) is 5.11 Å². The molecule has 0 spiro atoms. The van der Waals surface area contributed by atoms with E-state index < -0.39 is 6.10 Å². The van der Waals surface area contributed by atoms with Crippen molar-refractivity contribution in [2.45, 2.75) is 6.10 Å². The van der Waals surface area contributed by atoms with Gasteiger partial charge < -0.3 is 5.11 Å². The lowest BCUT2D eigenvalue weighted by Gasteiger charge is -2.10. The van der Waals surface area contributed by atoms with E-state index in [1.165, 1.54) is 11.3 Å². The third kappa shape index (κ3) is 2.44. The SMILES string of the molecule is OC(c1cc(Br)c(Cl)s1)c1ccccc1Cl. The summed E-state index contributed by atoms with van der Waals surface area (Å²) >= 11 is 16.6. The minimum Gasteiger partial charge on any atom is -0.383 e. The van der Waals surface area contributed by atoms with Crippen LogP contribution in [0.4, 0.5) is 0 Å². The Hall–Kier alpha value is -0.0600. The van der Waals surface area contributed by atoms with Gasteiger partial charge in [-0.05, 0) is 28.1 Å². The van der Waals surface area contributed by atoms with Crippen LogP contribution in [0.1, 0.15) is 16.5 Å². The molecule has 16 heavy (non-hydrogen) atoms. The van der Waals surface area contributed by atoms with E-state index in [1.807, 2.05) is 12.1 Å². The lowest BCUT2D eigenvalue weighted by Crippen LogP contribution is -1.97. The zero-order chi connectivity index (χ0) is 11.7. The monoisotopic (exact) mass is 336 g/mol. The van der Waals surface area contributed by atoms with Crippen molar-refractivity contribution in [3.8, 4) is 0 Å². The Morgan fingerprint density at radius 1 is 1.25 bits per heavy atom. The first kappa shape index (κ1) is 12.4. The van der Waals surface area contributed by atoms with Crippen molar-refractivity contribution < 1.29 is 5.11 Å². The summed E-state index contributed by atoms with van der Waals surface area (Å²) in [5.41, 5.74) is 0.689. The first-order chi connectivity index (χ1) is 7.59. The van der Waals surface area contributed by atoms with Gasteiger partial charge in [-0.2, -0.15) is 0 Å². The maximum absolute atomic E-state index is 10.2. The highest BCUT2D eigenvalue weighted by atomic mass is 79.9. The largest absolute Gasteiger partial charge is 0.383 e. The summed E-state index contributed by atoms with van der Waals surface area (Å²) in [6.07, 6.45) is -0.734. The molecule has 2 rings (SSSR count). The van der Waals surface area contributed by atoms with E-state index in [-0.39, 0.29) is 0 Å². The summed E-state index contributed by atoms with van der Waals surface area (Å²) in [5.74, 6) is 0. The molecular weight excluding hydrogens is 331 g/mol. The molecule has 1 aromatic heterocycles. The molecule has 1 aromatic carbocycles. The molecule has 0 fully saturated rings. The van der Waals surface area contributed by atoms with Crippen molar-refractivity contribution in [1.29, 1.82) is 0 Å². The maximum Gasteiger partial charge on any atom is 0.115 e. The Balaban J connectivity index is 2.39. The number of aliphatic hydroxyl groups excluding tert-OH is 1. The molecule has 0 bridgehead atoms. The Kier molecular flexibility index (Phi) is 3.93. The van der Waals surface area contributed by atoms with Gasteiger partial charge >= 0.3 is 0 Å². The van der Waals surface area contributed by atoms with Gasteiger partial charge in [0, 0.05) is 19.9 Å². The van der Waals surface area contributed by atoms with E-state index in [2.05, 4.69) is 15.9 Å². The van der Waals surface area contributed by atoms with E-state index in [9.17, 15) is 5.11 Å². The predicted molar refractivity (Wildman–Crippen MR) is 72.5 cm³/mol. The third-order valence-corrected chi connectivity index (χ3v) is 5.00. The molecule has 0 aliphatic carbocycles. The highest BCUT2D eigenvalue weighted by Gasteiger charge is 2.17. The van der Waals surface area contributed by atoms with Gasteiger partial charge in [-0.15, -0.1) is 11.3 Å². The van der Waals surface area contributed by atoms with E-state index in [4.69, 9.17) is 23.2 Å². The second-order valence-electron chi connectivity index (χ2n) is 3.19. The summed E-state index contributed by atoms with van der Waals surface area (Å²) in [4.78, 5) is 0.768. The smallest absolute Gasteiger partial charge is 0.115 e. The van der Waals surface area contributed by atoms with E-state index in [1.54, 1.807) is 18.2 Å². The first-order valence-corrected chi connectivity index (χ1v) is 6.83. The molecule has 0 saturated carbocycles. The van der Waals surface area contributed by atoms with Gasteiger partial charge in [0.25, 0.3) is 0 Å². The van der Waals surface area contributed by atoms with Crippen molar-refractivity contribution >= 4 is 50.5 Å². The van der Waals surface area contributed by atoms with Gasteiger partial charge in [-0.1, -0.05) is 41.4 Å². The van der Waals surface area contributed by atoms with Crippen LogP contribution in [0.2, 0.25) is 9.36 Å². The second kappa shape index (κ2) is 5.07. The molecule has 1 heterocycles. The van der Waals surface area contributed by atoms with E-state index in [0.29, 0.717) is 14.9 Å². The molecule has 1 N–H and O–H groups in total. The minimum atomic E-state index is -0.734. The zero-order valence-corrected chi connectivity index (χ0v) is 11.9. The van der Waals surface area contributed by atoms with Crippen LogP contribution < -0.4 is 0 Å². The molecule has 1 nitrogen and oxygen atoms in total. The normalized spacial score (nSPS) is 12.8. The summed E-state index contributed by atoms with van der Waals surface area (Å²) < 4.78 is 1.42. The molecular formula is C11H7BrCl2OS. The number of hydrogen-bond acceptors (Lipinski definition) is 2. The summed E-state index contributed by atoms with van der Waals surface area (Å²) in [7, 11) is 0. The van der Waals surface area contributed by atoms with Crippen molar-refractivity contribution in [1.82, 2.24) is 0 Å². The van der Waals surface area contributed by atoms with Crippen molar-refractivity contribution in [2.75, 3.05) is 0 Å². The topological polar surface area (TPSA) is 20.2 Å². The zero-order valence-electron chi connectivity index (χ0n) is 7.95. The quantitative estimate of drug-likeness (QED) is 0.826. The van der Waals surface area contributed by atoms with Gasteiger partial charge in [0.15, 0.2) is 0 Å². The number of thiophene rings is 1. The summed E-state index contributed by atoms with van der Waals surface area (Å²) in [5, 5.41) is 10.7. The molecule has 0 aliphatic rings. The molecule has 1 unspecified atom stereocenters. The van der Waals surface area contributed by atoms with Gasteiger partial charge in [0.1, 0.15) is 10.4 Å². The third-order valence-electron chi connectivity index (χ3n) is 2.13. The molecule has 1 atom stereocenters. The first-order valence-electron chi connectivity index (χ1n) is 4.47. The lowest BCUT2D eigenvalue weighted by molar-refractivity contribution is 0.224. The van der Waals surface area contributed by atoms with Crippen molar-refractivity contribution in [3.63, 3.8) is 0 Å². The van der Waals surface area contributed by atoms with Gasteiger partial charge in [-0.25, -0.2) is 0 Å². The fourth-order valence-corrected chi connectivity index (χ4v) is 3.33. The van der Waals surface area contributed by atoms with Crippen LogP contribution in [0.3, 0.4) is 0 Å². The number of benzene rings is 1. The Morgan fingerprint density at radius 2 is 1.94 bits per heavy atom. The molecule has 0 radical (unpaired) electrons. The highest BCUT2D eigenvalue weighted by Crippen LogP contribution is 2.38. The molecule has 84 valence electrons. The number of halogens is 3. The van der Waals surface area contributed by atoms with Gasteiger partial charge in [0.05, 0.1) is 0 Å².